The van der Waals surface area contributed by atoms with Gasteiger partial charge in [-0.25, -0.2) is 0 Å². The van der Waals surface area contributed by atoms with Gasteiger partial charge in [0.25, 0.3) is 0 Å². The molecule has 0 aliphatic carbocycles. The Labute approximate surface area is 108 Å². The molecule has 0 aliphatic rings. The molecule has 1 aromatic rings. The van der Waals surface area contributed by atoms with E-state index in [1.54, 1.807) is 11.3 Å². The van der Waals surface area contributed by atoms with Gasteiger partial charge in [-0.15, -0.1) is 11.3 Å². The van der Waals surface area contributed by atoms with Gasteiger partial charge in [-0.2, -0.15) is 11.8 Å². The van der Waals surface area contributed by atoms with Gasteiger partial charge in [0.15, 0.2) is 0 Å². The Balaban J connectivity index is 2.42. The summed E-state index contributed by atoms with van der Waals surface area (Å²) in [6.45, 7) is 1.82. The van der Waals surface area contributed by atoms with Crippen molar-refractivity contribution in [1.29, 1.82) is 0 Å². The lowest BCUT2D eigenvalue weighted by molar-refractivity contribution is 0.437. The summed E-state index contributed by atoms with van der Waals surface area (Å²) in [7, 11) is 4.19. The Morgan fingerprint density at radius 2 is 2.27 bits per heavy atom. The van der Waals surface area contributed by atoms with Crippen molar-refractivity contribution in [3.05, 3.63) is 20.8 Å². The van der Waals surface area contributed by atoms with Crippen molar-refractivity contribution in [1.82, 2.24) is 4.90 Å². The number of hydrogen-bond acceptors (Lipinski definition) is 4. The van der Waals surface area contributed by atoms with Crippen LogP contribution in [0.2, 0.25) is 0 Å². The van der Waals surface area contributed by atoms with Crippen LogP contribution in [0.5, 0.6) is 0 Å². The van der Waals surface area contributed by atoms with Crippen LogP contribution in [0.1, 0.15) is 10.1 Å². The summed E-state index contributed by atoms with van der Waals surface area (Å²) < 4.78 is 1.18. The maximum absolute atomic E-state index is 5.79. The molecule has 0 spiro atoms. The van der Waals surface area contributed by atoms with Crippen LogP contribution < -0.4 is 5.73 Å². The fourth-order valence-electron chi connectivity index (χ4n) is 1.15. The van der Waals surface area contributed by atoms with Crippen molar-refractivity contribution in [3.8, 4) is 0 Å². The molecular weight excluding hydrogens is 292 g/mol. The second-order valence-corrected chi connectivity index (χ2v) is 7.35. The van der Waals surface area contributed by atoms with Crippen LogP contribution in [0.15, 0.2) is 15.9 Å². The van der Waals surface area contributed by atoms with E-state index in [4.69, 9.17) is 5.73 Å². The third-order valence-electron chi connectivity index (χ3n) is 1.98. The van der Waals surface area contributed by atoms with Crippen molar-refractivity contribution in [2.24, 2.45) is 5.73 Å². The van der Waals surface area contributed by atoms with Gasteiger partial charge >= 0.3 is 0 Å². The van der Waals surface area contributed by atoms with Gasteiger partial charge in [-0.1, -0.05) is 0 Å². The van der Waals surface area contributed by atoms with Gasteiger partial charge in [-0.05, 0) is 42.2 Å². The number of rotatable bonds is 6. The fourth-order valence-corrected chi connectivity index (χ4v) is 4.05. The standard InChI is InChI=1S/C10H17BrN2S2/c1-13(2)5-6-14-9(7-12)8-3-4-10(11)15-8/h3-4,9H,5-7,12H2,1-2H3. The quantitative estimate of drug-likeness (QED) is 0.876. The summed E-state index contributed by atoms with van der Waals surface area (Å²) in [4.78, 5) is 3.57. The molecule has 0 fully saturated rings. The van der Waals surface area contributed by atoms with E-state index in [0.29, 0.717) is 11.8 Å². The third kappa shape index (κ3) is 4.87. The molecule has 1 rings (SSSR count). The number of halogens is 1. The molecule has 0 bridgehead atoms. The molecule has 0 saturated carbocycles. The van der Waals surface area contributed by atoms with Crippen molar-refractivity contribution in [2.75, 3.05) is 32.9 Å². The number of hydrogen-bond donors (Lipinski definition) is 1. The highest BCUT2D eigenvalue weighted by atomic mass is 79.9. The molecule has 1 atom stereocenters. The molecule has 1 aromatic heterocycles. The zero-order valence-corrected chi connectivity index (χ0v) is 12.3. The van der Waals surface area contributed by atoms with E-state index in [0.717, 1.165) is 12.3 Å². The predicted octanol–water partition coefficient (Wildman–Crippen LogP) is 2.81. The van der Waals surface area contributed by atoms with E-state index >= 15 is 0 Å². The first-order chi connectivity index (χ1) is 7.13. The first-order valence-electron chi connectivity index (χ1n) is 4.85. The Morgan fingerprint density at radius 1 is 1.53 bits per heavy atom. The highest BCUT2D eigenvalue weighted by Gasteiger charge is 2.12. The monoisotopic (exact) mass is 308 g/mol. The summed E-state index contributed by atoms with van der Waals surface area (Å²) in [5, 5.41) is 0.446. The maximum Gasteiger partial charge on any atom is 0.0701 e. The van der Waals surface area contributed by atoms with Crippen LogP contribution in [-0.4, -0.2) is 37.8 Å². The lowest BCUT2D eigenvalue weighted by Gasteiger charge is -2.14. The molecule has 0 saturated heterocycles. The topological polar surface area (TPSA) is 29.3 Å². The van der Waals surface area contributed by atoms with Gasteiger partial charge in [-0.3, -0.25) is 0 Å². The highest BCUT2D eigenvalue weighted by molar-refractivity contribution is 9.11. The summed E-state index contributed by atoms with van der Waals surface area (Å²) >= 11 is 7.20. The van der Waals surface area contributed by atoms with E-state index in [1.807, 2.05) is 11.8 Å². The molecule has 0 amide bonds. The summed E-state index contributed by atoms with van der Waals surface area (Å²) in [5.41, 5.74) is 5.79. The average molecular weight is 309 g/mol. The average Bonchev–Trinajstić information content (AvgIpc) is 2.59. The second kappa shape index (κ2) is 6.91. The van der Waals surface area contributed by atoms with Gasteiger partial charge in [0.1, 0.15) is 0 Å². The van der Waals surface area contributed by atoms with Crippen molar-refractivity contribution < 1.29 is 0 Å². The zero-order valence-electron chi connectivity index (χ0n) is 9.07. The second-order valence-electron chi connectivity index (χ2n) is 3.54. The third-order valence-corrected chi connectivity index (χ3v) is 5.14. The van der Waals surface area contributed by atoms with E-state index in [9.17, 15) is 0 Å². The predicted molar refractivity (Wildman–Crippen MR) is 74.8 cm³/mol. The lowest BCUT2D eigenvalue weighted by atomic mass is 10.3. The number of nitrogens with two attached hydrogens (primary N) is 1. The highest BCUT2D eigenvalue weighted by Crippen LogP contribution is 2.34. The fraction of sp³-hybridized carbons (Fsp3) is 0.600. The van der Waals surface area contributed by atoms with Crippen LogP contribution in [-0.2, 0) is 0 Å². The molecule has 5 heteroatoms. The lowest BCUT2D eigenvalue weighted by Crippen LogP contribution is -2.17. The molecule has 15 heavy (non-hydrogen) atoms. The Hall–Kier alpha value is 0.450. The minimum atomic E-state index is 0.446. The zero-order chi connectivity index (χ0) is 11.3. The van der Waals surface area contributed by atoms with Crippen LogP contribution in [0.3, 0.4) is 0 Å². The van der Waals surface area contributed by atoms with Crippen LogP contribution in [0.4, 0.5) is 0 Å². The van der Waals surface area contributed by atoms with E-state index in [1.165, 1.54) is 8.66 Å². The van der Waals surface area contributed by atoms with Crippen LogP contribution in [0.25, 0.3) is 0 Å². The number of nitrogens with zero attached hydrogens (tertiary/aromatic N) is 1. The Kier molecular flexibility index (Phi) is 6.23. The number of thioether (sulfide) groups is 1. The normalized spacial score (nSPS) is 13.4. The van der Waals surface area contributed by atoms with Crippen molar-refractivity contribution in [3.63, 3.8) is 0 Å². The van der Waals surface area contributed by atoms with Gasteiger partial charge in [0, 0.05) is 23.7 Å². The maximum atomic E-state index is 5.79. The molecule has 1 unspecified atom stereocenters. The van der Waals surface area contributed by atoms with Gasteiger partial charge < -0.3 is 10.6 Å². The smallest absolute Gasteiger partial charge is 0.0701 e. The summed E-state index contributed by atoms with van der Waals surface area (Å²) in [5.74, 6) is 1.13. The van der Waals surface area contributed by atoms with Crippen LogP contribution >= 0.6 is 39.0 Å². The molecule has 2 N–H and O–H groups in total. The van der Waals surface area contributed by atoms with E-state index in [2.05, 4.69) is 47.1 Å². The molecule has 0 aromatic carbocycles. The van der Waals surface area contributed by atoms with E-state index < -0.39 is 0 Å². The molecule has 2 nitrogen and oxygen atoms in total. The molecular formula is C10H17BrN2S2. The first kappa shape index (κ1) is 13.5. The first-order valence-corrected chi connectivity index (χ1v) is 7.51. The largest absolute Gasteiger partial charge is 0.329 e. The van der Waals surface area contributed by atoms with Gasteiger partial charge in [0.2, 0.25) is 0 Å². The SMILES string of the molecule is CN(C)CCSC(CN)c1ccc(Br)s1. The van der Waals surface area contributed by atoms with Crippen LogP contribution in [0, 0.1) is 0 Å². The molecule has 86 valence electrons. The number of thiophene rings is 1. The minimum Gasteiger partial charge on any atom is -0.329 e. The minimum absolute atomic E-state index is 0.446. The summed E-state index contributed by atoms with van der Waals surface area (Å²) in [6.07, 6.45) is 0. The Bertz CT molecular complexity index is 289. The Morgan fingerprint density at radius 3 is 2.73 bits per heavy atom. The molecule has 0 radical (unpaired) electrons. The molecule has 1 heterocycles. The van der Waals surface area contributed by atoms with Gasteiger partial charge in [0.05, 0.1) is 9.04 Å². The van der Waals surface area contributed by atoms with E-state index in [-0.39, 0.29) is 0 Å². The molecule has 0 aliphatic heterocycles. The van der Waals surface area contributed by atoms with Crippen molar-refractivity contribution in [2.45, 2.75) is 5.25 Å². The summed E-state index contributed by atoms with van der Waals surface area (Å²) in [6, 6.07) is 4.25. The van der Waals surface area contributed by atoms with Crippen molar-refractivity contribution >= 4 is 39.0 Å².